The fourth-order valence-electron chi connectivity index (χ4n) is 3.01. The molecule has 0 saturated carbocycles. The third kappa shape index (κ3) is 4.59. The Bertz CT molecular complexity index is 961. The maximum absolute atomic E-state index is 12.5. The van der Waals surface area contributed by atoms with Crippen LogP contribution in [0.4, 0.5) is 0 Å². The van der Waals surface area contributed by atoms with E-state index < -0.39 is 5.97 Å². The summed E-state index contributed by atoms with van der Waals surface area (Å²) in [6.07, 6.45) is 3.28. The Labute approximate surface area is 159 Å². The van der Waals surface area contributed by atoms with Crippen molar-refractivity contribution in [3.05, 3.63) is 77.0 Å². The van der Waals surface area contributed by atoms with Crippen molar-refractivity contribution in [3.63, 3.8) is 0 Å². The number of hydrogen-bond acceptors (Lipinski definition) is 4. The van der Waals surface area contributed by atoms with Crippen LogP contribution >= 0.6 is 0 Å². The predicted octanol–water partition coefficient (Wildman–Crippen LogP) is 4.93. The molecule has 0 fully saturated rings. The van der Waals surface area contributed by atoms with Gasteiger partial charge in [0.1, 0.15) is 0 Å². The number of ketones is 1. The average Bonchev–Trinajstić information content (AvgIpc) is 2.69. The van der Waals surface area contributed by atoms with Crippen molar-refractivity contribution >= 4 is 22.7 Å². The summed E-state index contributed by atoms with van der Waals surface area (Å²) in [4.78, 5) is 29.3. The van der Waals surface area contributed by atoms with Gasteiger partial charge in [0.25, 0.3) is 0 Å². The summed E-state index contributed by atoms with van der Waals surface area (Å²) in [5.74, 6) is -0.718. The number of rotatable bonds is 7. The van der Waals surface area contributed by atoms with Crippen LogP contribution in [0.25, 0.3) is 10.9 Å². The molecule has 0 unspecified atom stereocenters. The molecule has 4 heteroatoms. The van der Waals surface area contributed by atoms with Crippen molar-refractivity contribution in [2.45, 2.75) is 33.1 Å². The monoisotopic (exact) mass is 361 g/mol. The number of fused-ring (bicyclic) bond motifs is 1. The lowest BCUT2D eigenvalue weighted by molar-refractivity contribution is 0.0476. The molecule has 0 radical (unpaired) electrons. The number of hydrogen-bond donors (Lipinski definition) is 0. The van der Waals surface area contributed by atoms with Gasteiger partial charge in [0, 0.05) is 16.6 Å². The van der Waals surface area contributed by atoms with Gasteiger partial charge in [-0.2, -0.15) is 0 Å². The highest BCUT2D eigenvalue weighted by atomic mass is 16.5. The average molecular weight is 361 g/mol. The molecule has 0 aliphatic carbocycles. The fourth-order valence-corrected chi connectivity index (χ4v) is 3.01. The lowest BCUT2D eigenvalue weighted by atomic mass is 10.0. The Morgan fingerprint density at radius 1 is 1.04 bits per heavy atom. The molecule has 0 aliphatic heterocycles. The van der Waals surface area contributed by atoms with Crippen LogP contribution in [0.1, 0.15) is 51.7 Å². The standard InChI is InChI=1S/C23H23NO3/c1-3-4-7-17-10-12-18(13-11-17)22(25)15-27-23(26)20-14-16(2)24-21-9-6-5-8-19(20)21/h5-6,8-14H,3-4,7,15H2,1-2H3. The second-order valence-corrected chi connectivity index (χ2v) is 6.63. The first-order valence-corrected chi connectivity index (χ1v) is 9.24. The van der Waals surface area contributed by atoms with Gasteiger partial charge in [0.05, 0.1) is 11.1 Å². The van der Waals surface area contributed by atoms with Gasteiger partial charge in [-0.1, -0.05) is 55.8 Å². The molecule has 3 rings (SSSR count). The Kier molecular flexibility index (Phi) is 5.97. The zero-order valence-electron chi connectivity index (χ0n) is 15.7. The second-order valence-electron chi connectivity index (χ2n) is 6.63. The zero-order valence-corrected chi connectivity index (χ0v) is 15.7. The number of Topliss-reactive ketones (excluding diaryl/α,β-unsaturated/α-hetero) is 1. The van der Waals surface area contributed by atoms with Crippen LogP contribution in [0.15, 0.2) is 54.6 Å². The molecule has 0 saturated heterocycles. The first-order valence-electron chi connectivity index (χ1n) is 9.24. The third-order valence-corrected chi connectivity index (χ3v) is 4.49. The van der Waals surface area contributed by atoms with Crippen molar-refractivity contribution in [2.24, 2.45) is 0 Å². The molecule has 0 bridgehead atoms. The van der Waals surface area contributed by atoms with Gasteiger partial charge in [0.15, 0.2) is 12.4 Å². The van der Waals surface area contributed by atoms with Crippen molar-refractivity contribution in [1.82, 2.24) is 4.98 Å². The quantitative estimate of drug-likeness (QED) is 0.442. The highest BCUT2D eigenvalue weighted by Crippen LogP contribution is 2.19. The number of esters is 1. The van der Waals surface area contributed by atoms with Gasteiger partial charge < -0.3 is 4.74 Å². The minimum atomic E-state index is -0.510. The number of carbonyl (C=O) groups excluding carboxylic acids is 2. The van der Waals surface area contributed by atoms with Crippen molar-refractivity contribution in [2.75, 3.05) is 6.61 Å². The Morgan fingerprint density at radius 3 is 2.52 bits per heavy atom. The normalized spacial score (nSPS) is 10.7. The van der Waals surface area contributed by atoms with Crippen LogP contribution in [-0.4, -0.2) is 23.3 Å². The molecule has 0 N–H and O–H groups in total. The van der Waals surface area contributed by atoms with Crippen LogP contribution in [-0.2, 0) is 11.2 Å². The molecule has 4 nitrogen and oxygen atoms in total. The van der Waals surface area contributed by atoms with Gasteiger partial charge in [-0.25, -0.2) is 4.79 Å². The summed E-state index contributed by atoms with van der Waals surface area (Å²) >= 11 is 0. The van der Waals surface area contributed by atoms with E-state index in [1.807, 2.05) is 43.3 Å². The van der Waals surface area contributed by atoms with E-state index in [2.05, 4.69) is 11.9 Å². The number of benzene rings is 2. The molecule has 1 aromatic heterocycles. The maximum atomic E-state index is 12.5. The van der Waals surface area contributed by atoms with E-state index in [-0.39, 0.29) is 12.4 Å². The van der Waals surface area contributed by atoms with Crippen LogP contribution in [0.5, 0.6) is 0 Å². The van der Waals surface area contributed by atoms with E-state index in [0.717, 1.165) is 35.9 Å². The molecular formula is C23H23NO3. The molecular weight excluding hydrogens is 338 g/mol. The highest BCUT2D eigenvalue weighted by Gasteiger charge is 2.15. The summed E-state index contributed by atoms with van der Waals surface area (Å²) in [7, 11) is 0. The fraction of sp³-hybridized carbons (Fsp3) is 0.261. The summed E-state index contributed by atoms with van der Waals surface area (Å²) in [5, 5.41) is 0.723. The lowest BCUT2D eigenvalue weighted by Gasteiger charge is -2.08. The molecule has 0 aliphatic rings. The van der Waals surface area contributed by atoms with Gasteiger partial charge in [-0.3, -0.25) is 9.78 Å². The minimum absolute atomic E-state index is 0.208. The molecule has 0 atom stereocenters. The van der Waals surface area contributed by atoms with Crippen LogP contribution in [0.2, 0.25) is 0 Å². The molecule has 27 heavy (non-hydrogen) atoms. The number of aryl methyl sites for hydroxylation is 2. The number of para-hydroxylation sites is 1. The Balaban J connectivity index is 1.68. The number of nitrogens with zero attached hydrogens (tertiary/aromatic N) is 1. The second kappa shape index (κ2) is 8.58. The summed E-state index contributed by atoms with van der Waals surface area (Å²) < 4.78 is 5.29. The number of pyridine rings is 1. The third-order valence-electron chi connectivity index (χ3n) is 4.49. The number of carbonyl (C=O) groups is 2. The Hall–Kier alpha value is -3.01. The first kappa shape index (κ1) is 18.8. The van der Waals surface area contributed by atoms with Crippen molar-refractivity contribution < 1.29 is 14.3 Å². The topological polar surface area (TPSA) is 56.3 Å². The van der Waals surface area contributed by atoms with E-state index in [9.17, 15) is 9.59 Å². The van der Waals surface area contributed by atoms with E-state index in [1.165, 1.54) is 5.56 Å². The lowest BCUT2D eigenvalue weighted by Crippen LogP contribution is -2.15. The first-order chi connectivity index (χ1) is 13.1. The van der Waals surface area contributed by atoms with E-state index >= 15 is 0 Å². The maximum Gasteiger partial charge on any atom is 0.339 e. The highest BCUT2D eigenvalue weighted by molar-refractivity contribution is 6.05. The summed E-state index contributed by atoms with van der Waals surface area (Å²) in [5.41, 5.74) is 3.66. The summed E-state index contributed by atoms with van der Waals surface area (Å²) in [6.45, 7) is 3.71. The predicted molar refractivity (Wildman–Crippen MR) is 106 cm³/mol. The van der Waals surface area contributed by atoms with E-state index in [0.29, 0.717) is 11.1 Å². The van der Waals surface area contributed by atoms with E-state index in [1.54, 1.807) is 18.2 Å². The minimum Gasteiger partial charge on any atom is -0.454 e. The molecule has 1 heterocycles. The number of aromatic nitrogens is 1. The van der Waals surface area contributed by atoms with Gasteiger partial charge in [-0.15, -0.1) is 0 Å². The van der Waals surface area contributed by atoms with Crippen LogP contribution in [0, 0.1) is 6.92 Å². The molecule has 0 amide bonds. The molecule has 0 spiro atoms. The van der Waals surface area contributed by atoms with Crippen molar-refractivity contribution in [1.29, 1.82) is 0 Å². The zero-order chi connectivity index (χ0) is 19.2. The van der Waals surface area contributed by atoms with Gasteiger partial charge in [-0.05, 0) is 37.5 Å². The van der Waals surface area contributed by atoms with Crippen LogP contribution in [0.3, 0.4) is 0 Å². The largest absolute Gasteiger partial charge is 0.454 e. The van der Waals surface area contributed by atoms with Crippen LogP contribution < -0.4 is 0 Å². The smallest absolute Gasteiger partial charge is 0.339 e. The molecule has 138 valence electrons. The number of ether oxygens (including phenoxy) is 1. The SMILES string of the molecule is CCCCc1ccc(C(=O)COC(=O)c2cc(C)nc3ccccc23)cc1. The summed E-state index contributed by atoms with van der Waals surface area (Å²) in [6, 6.07) is 16.6. The molecule has 2 aromatic carbocycles. The van der Waals surface area contributed by atoms with Gasteiger partial charge in [0.2, 0.25) is 0 Å². The molecule has 3 aromatic rings. The Morgan fingerprint density at radius 2 is 1.78 bits per heavy atom. The van der Waals surface area contributed by atoms with Crippen molar-refractivity contribution in [3.8, 4) is 0 Å². The van der Waals surface area contributed by atoms with E-state index in [4.69, 9.17) is 4.74 Å². The van der Waals surface area contributed by atoms with Gasteiger partial charge >= 0.3 is 5.97 Å². The number of unbranched alkanes of at least 4 members (excludes halogenated alkanes) is 1.